The highest BCUT2D eigenvalue weighted by Gasteiger charge is 2.25. The third-order valence-electron chi connectivity index (χ3n) is 5.26. The highest BCUT2D eigenvalue weighted by Crippen LogP contribution is 2.25. The van der Waals surface area contributed by atoms with E-state index in [-0.39, 0.29) is 17.7 Å². The van der Waals surface area contributed by atoms with Crippen LogP contribution in [-0.2, 0) is 16.1 Å². The van der Waals surface area contributed by atoms with Crippen LogP contribution in [0.3, 0.4) is 0 Å². The van der Waals surface area contributed by atoms with Crippen LogP contribution >= 0.6 is 0 Å². The molecule has 0 atom stereocenters. The molecule has 2 aromatic carbocycles. The van der Waals surface area contributed by atoms with Crippen molar-refractivity contribution in [1.82, 2.24) is 10.2 Å². The van der Waals surface area contributed by atoms with Crippen molar-refractivity contribution in [3.05, 3.63) is 59.7 Å². The van der Waals surface area contributed by atoms with E-state index in [4.69, 9.17) is 4.74 Å². The van der Waals surface area contributed by atoms with E-state index in [0.717, 1.165) is 37.1 Å². The second-order valence-electron chi connectivity index (χ2n) is 7.51. The Labute approximate surface area is 172 Å². The van der Waals surface area contributed by atoms with Crippen LogP contribution in [0.25, 0.3) is 0 Å². The van der Waals surface area contributed by atoms with Crippen molar-refractivity contribution < 1.29 is 14.3 Å². The molecular weight excluding hydrogens is 366 g/mol. The van der Waals surface area contributed by atoms with E-state index in [9.17, 15) is 9.59 Å². The van der Waals surface area contributed by atoms with Crippen LogP contribution in [0.5, 0.6) is 5.75 Å². The number of benzene rings is 2. The Hall–Kier alpha value is -2.86. The average Bonchev–Trinajstić information content (AvgIpc) is 2.73. The lowest BCUT2D eigenvalue weighted by molar-refractivity contribution is -0.126. The average molecular weight is 396 g/mol. The lowest BCUT2D eigenvalue weighted by Crippen LogP contribution is -2.43. The van der Waals surface area contributed by atoms with Crippen molar-refractivity contribution in [3.63, 3.8) is 0 Å². The molecule has 1 heterocycles. The van der Waals surface area contributed by atoms with Crippen molar-refractivity contribution in [1.29, 1.82) is 0 Å². The van der Waals surface area contributed by atoms with E-state index in [1.807, 2.05) is 55.5 Å². The lowest BCUT2D eigenvalue weighted by atomic mass is 9.96. The predicted molar refractivity (Wildman–Crippen MR) is 114 cm³/mol. The molecule has 0 saturated carbocycles. The van der Waals surface area contributed by atoms with Crippen molar-refractivity contribution in [2.24, 2.45) is 5.92 Å². The number of rotatable bonds is 7. The number of ether oxygens (including phenoxy) is 1. The Morgan fingerprint density at radius 1 is 1.10 bits per heavy atom. The summed E-state index contributed by atoms with van der Waals surface area (Å²) >= 11 is 0. The summed E-state index contributed by atoms with van der Waals surface area (Å²) in [5.41, 5.74) is 2.85. The highest BCUT2D eigenvalue weighted by atomic mass is 16.5. The molecule has 2 amide bonds. The first-order valence-corrected chi connectivity index (χ1v) is 10.0. The van der Waals surface area contributed by atoms with Crippen molar-refractivity contribution in [3.8, 4) is 5.75 Å². The molecule has 1 saturated heterocycles. The van der Waals surface area contributed by atoms with Gasteiger partial charge in [0, 0.05) is 12.5 Å². The zero-order valence-corrected chi connectivity index (χ0v) is 17.1. The summed E-state index contributed by atoms with van der Waals surface area (Å²) in [6.45, 7) is 4.32. The number of carbonyl (C=O) groups is 2. The number of hydrogen-bond acceptors (Lipinski definition) is 4. The number of likely N-dealkylation sites (tertiary alicyclic amines) is 1. The summed E-state index contributed by atoms with van der Waals surface area (Å²) in [6.07, 6.45) is 1.53. The fourth-order valence-electron chi connectivity index (χ4n) is 3.59. The normalized spacial score (nSPS) is 15.0. The van der Waals surface area contributed by atoms with Crippen LogP contribution in [0.2, 0.25) is 0 Å². The van der Waals surface area contributed by atoms with E-state index in [1.165, 1.54) is 0 Å². The predicted octanol–water partition coefficient (Wildman–Crippen LogP) is 2.97. The minimum atomic E-state index is -0.0686. The van der Waals surface area contributed by atoms with Gasteiger partial charge in [-0.25, -0.2) is 0 Å². The van der Waals surface area contributed by atoms with Crippen molar-refractivity contribution >= 4 is 17.5 Å². The summed E-state index contributed by atoms with van der Waals surface area (Å²) in [7, 11) is 1.59. The van der Waals surface area contributed by atoms with Gasteiger partial charge < -0.3 is 15.4 Å². The maximum atomic E-state index is 12.4. The smallest absolute Gasteiger partial charge is 0.238 e. The summed E-state index contributed by atoms with van der Waals surface area (Å²) in [4.78, 5) is 27.0. The molecule has 6 heteroatoms. The van der Waals surface area contributed by atoms with Gasteiger partial charge >= 0.3 is 0 Å². The first kappa shape index (κ1) is 20.9. The molecule has 0 radical (unpaired) electrons. The topological polar surface area (TPSA) is 70.7 Å². The molecule has 1 fully saturated rings. The Morgan fingerprint density at radius 3 is 2.52 bits per heavy atom. The molecule has 29 heavy (non-hydrogen) atoms. The first-order chi connectivity index (χ1) is 14.0. The Bertz CT molecular complexity index is 831. The molecule has 0 spiro atoms. The van der Waals surface area contributed by atoms with Gasteiger partial charge in [0.25, 0.3) is 0 Å². The molecular formula is C23H29N3O3. The zero-order valence-electron chi connectivity index (χ0n) is 17.1. The van der Waals surface area contributed by atoms with Gasteiger partial charge in [0.05, 0.1) is 19.3 Å². The van der Waals surface area contributed by atoms with E-state index in [0.29, 0.717) is 24.5 Å². The van der Waals surface area contributed by atoms with Gasteiger partial charge in [-0.15, -0.1) is 0 Å². The molecule has 1 aliphatic heterocycles. The van der Waals surface area contributed by atoms with Crippen LogP contribution in [0.15, 0.2) is 48.5 Å². The first-order valence-electron chi connectivity index (χ1n) is 10.0. The van der Waals surface area contributed by atoms with Gasteiger partial charge in [-0.1, -0.05) is 36.4 Å². The highest BCUT2D eigenvalue weighted by molar-refractivity contribution is 5.93. The number of methoxy groups -OCH3 is 1. The third-order valence-corrected chi connectivity index (χ3v) is 5.26. The Kier molecular flexibility index (Phi) is 7.25. The third kappa shape index (κ3) is 6.06. The zero-order chi connectivity index (χ0) is 20.6. The van der Waals surface area contributed by atoms with Gasteiger partial charge in [-0.3, -0.25) is 14.5 Å². The van der Waals surface area contributed by atoms with Crippen LogP contribution in [0.4, 0.5) is 5.69 Å². The van der Waals surface area contributed by atoms with Crippen LogP contribution in [0, 0.1) is 12.8 Å². The number of nitrogens with zero attached hydrogens (tertiary/aromatic N) is 1. The van der Waals surface area contributed by atoms with E-state index in [2.05, 4.69) is 15.5 Å². The molecule has 0 unspecified atom stereocenters. The number of anilines is 1. The minimum absolute atomic E-state index is 0.00916. The molecule has 154 valence electrons. The number of nitrogens with one attached hydrogen (secondary N) is 2. The molecule has 1 aliphatic rings. The van der Waals surface area contributed by atoms with Gasteiger partial charge in [-0.2, -0.15) is 0 Å². The Balaban J connectivity index is 1.43. The van der Waals surface area contributed by atoms with Gasteiger partial charge in [-0.05, 0) is 56.1 Å². The second kappa shape index (κ2) is 10.1. The number of aryl methyl sites for hydroxylation is 1. The van der Waals surface area contributed by atoms with E-state index >= 15 is 0 Å². The van der Waals surface area contributed by atoms with Crippen molar-refractivity contribution in [2.45, 2.75) is 26.3 Å². The standard InChI is InChI=1S/C23H29N3O3/c1-17-8-9-21(29-2)20(14-17)25-22(27)16-26-12-10-19(11-13-26)23(28)24-15-18-6-4-3-5-7-18/h3-9,14,19H,10-13,15-16H2,1-2H3,(H,24,28)(H,25,27). The molecule has 2 aromatic rings. The molecule has 0 bridgehead atoms. The second-order valence-corrected chi connectivity index (χ2v) is 7.51. The number of hydrogen-bond donors (Lipinski definition) is 2. The number of piperidine rings is 1. The number of amides is 2. The monoisotopic (exact) mass is 395 g/mol. The number of carbonyl (C=O) groups excluding carboxylic acids is 2. The van der Waals surface area contributed by atoms with Gasteiger partial charge in [0.15, 0.2) is 0 Å². The molecule has 6 nitrogen and oxygen atoms in total. The van der Waals surface area contributed by atoms with E-state index in [1.54, 1.807) is 7.11 Å². The fraction of sp³-hybridized carbons (Fsp3) is 0.391. The fourth-order valence-corrected chi connectivity index (χ4v) is 3.59. The maximum absolute atomic E-state index is 12.4. The summed E-state index contributed by atoms with van der Waals surface area (Å²) in [5, 5.41) is 5.96. The van der Waals surface area contributed by atoms with Crippen molar-refractivity contribution in [2.75, 3.05) is 32.1 Å². The maximum Gasteiger partial charge on any atom is 0.238 e. The molecule has 0 aliphatic carbocycles. The van der Waals surface area contributed by atoms with E-state index < -0.39 is 0 Å². The summed E-state index contributed by atoms with van der Waals surface area (Å²) < 4.78 is 5.31. The minimum Gasteiger partial charge on any atom is -0.495 e. The summed E-state index contributed by atoms with van der Waals surface area (Å²) in [6, 6.07) is 15.6. The molecule has 2 N–H and O–H groups in total. The molecule has 0 aromatic heterocycles. The Morgan fingerprint density at radius 2 is 1.83 bits per heavy atom. The van der Waals surface area contributed by atoms with Gasteiger partial charge in [0.1, 0.15) is 5.75 Å². The van der Waals surface area contributed by atoms with Crippen LogP contribution < -0.4 is 15.4 Å². The quantitative estimate of drug-likeness (QED) is 0.756. The van der Waals surface area contributed by atoms with Gasteiger partial charge in [0.2, 0.25) is 11.8 Å². The largest absolute Gasteiger partial charge is 0.495 e. The summed E-state index contributed by atoms with van der Waals surface area (Å²) in [5.74, 6) is 0.691. The van der Waals surface area contributed by atoms with Crippen LogP contribution in [-0.4, -0.2) is 43.5 Å². The lowest BCUT2D eigenvalue weighted by Gasteiger charge is -2.30. The SMILES string of the molecule is COc1ccc(C)cc1NC(=O)CN1CCC(C(=O)NCc2ccccc2)CC1. The molecule has 3 rings (SSSR count). The van der Waals surface area contributed by atoms with Crippen LogP contribution in [0.1, 0.15) is 24.0 Å².